The van der Waals surface area contributed by atoms with Gasteiger partial charge in [0.2, 0.25) is 5.95 Å². The van der Waals surface area contributed by atoms with Gasteiger partial charge in [0, 0.05) is 13.6 Å². The summed E-state index contributed by atoms with van der Waals surface area (Å²) >= 11 is 0. The molecule has 0 radical (unpaired) electrons. The number of phenolic OH excluding ortho intramolecular Hbond substituents is 1. The first-order chi connectivity index (χ1) is 14.4. The fraction of sp³-hybridized carbons (Fsp3) is 0.429. The molecular formula is C21H28N6O3. The van der Waals surface area contributed by atoms with Gasteiger partial charge in [-0.05, 0) is 43.2 Å². The van der Waals surface area contributed by atoms with Crippen LogP contribution in [0.15, 0.2) is 39.0 Å². The Kier molecular flexibility index (Phi) is 6.71. The zero-order valence-corrected chi connectivity index (χ0v) is 17.6. The van der Waals surface area contributed by atoms with E-state index in [9.17, 15) is 14.7 Å². The van der Waals surface area contributed by atoms with Crippen LogP contribution in [0.2, 0.25) is 0 Å². The lowest BCUT2D eigenvalue weighted by Crippen LogP contribution is -2.29. The average molecular weight is 412 g/mol. The minimum Gasteiger partial charge on any atom is -0.508 e. The molecule has 0 amide bonds. The van der Waals surface area contributed by atoms with Gasteiger partial charge in [-0.25, -0.2) is 10.2 Å². The predicted molar refractivity (Wildman–Crippen MR) is 118 cm³/mol. The third kappa shape index (κ3) is 4.61. The Morgan fingerprint density at radius 1 is 1.17 bits per heavy atom. The van der Waals surface area contributed by atoms with Gasteiger partial charge in [0.05, 0.1) is 5.71 Å². The number of rotatable bonds is 9. The number of benzene rings is 1. The van der Waals surface area contributed by atoms with Crippen molar-refractivity contribution >= 4 is 22.8 Å². The van der Waals surface area contributed by atoms with E-state index in [0.717, 1.165) is 31.2 Å². The summed E-state index contributed by atoms with van der Waals surface area (Å²) in [5, 5.41) is 13.8. The van der Waals surface area contributed by atoms with Crippen molar-refractivity contribution in [3.05, 3.63) is 50.7 Å². The van der Waals surface area contributed by atoms with Crippen LogP contribution in [0.5, 0.6) is 5.75 Å². The molecule has 0 aliphatic carbocycles. The maximum Gasteiger partial charge on any atom is 0.329 e. The number of imidazole rings is 1. The molecule has 160 valence electrons. The molecule has 9 nitrogen and oxygen atoms in total. The summed E-state index contributed by atoms with van der Waals surface area (Å²) in [5.74, 6) is 0.592. The largest absolute Gasteiger partial charge is 0.508 e. The number of unbranched alkanes of at least 4 members (excludes halogenated alkanes) is 4. The van der Waals surface area contributed by atoms with E-state index in [1.165, 1.54) is 11.0 Å². The van der Waals surface area contributed by atoms with E-state index in [1.807, 2.05) is 6.92 Å². The summed E-state index contributed by atoms with van der Waals surface area (Å²) in [6.07, 6.45) is 5.42. The van der Waals surface area contributed by atoms with Crippen LogP contribution < -0.4 is 16.7 Å². The lowest BCUT2D eigenvalue weighted by molar-refractivity contribution is 0.475. The number of aryl methyl sites for hydroxylation is 2. The van der Waals surface area contributed by atoms with Crippen molar-refractivity contribution in [2.75, 3.05) is 5.43 Å². The van der Waals surface area contributed by atoms with E-state index in [2.05, 4.69) is 27.4 Å². The topological polar surface area (TPSA) is 117 Å². The van der Waals surface area contributed by atoms with Gasteiger partial charge in [-0.3, -0.25) is 14.3 Å². The van der Waals surface area contributed by atoms with E-state index >= 15 is 0 Å². The van der Waals surface area contributed by atoms with Gasteiger partial charge >= 0.3 is 5.69 Å². The Hall–Kier alpha value is -3.36. The molecule has 3 rings (SSSR count). The highest BCUT2D eigenvalue weighted by atomic mass is 16.3. The molecule has 0 bridgehead atoms. The van der Waals surface area contributed by atoms with E-state index in [4.69, 9.17) is 0 Å². The van der Waals surface area contributed by atoms with Gasteiger partial charge in [0.25, 0.3) is 5.56 Å². The summed E-state index contributed by atoms with van der Waals surface area (Å²) in [7, 11) is 1.58. The molecule has 0 saturated heterocycles. The summed E-state index contributed by atoms with van der Waals surface area (Å²) < 4.78 is 3.11. The van der Waals surface area contributed by atoms with Gasteiger partial charge in [0.15, 0.2) is 11.2 Å². The lowest BCUT2D eigenvalue weighted by atomic mass is 10.1. The number of nitrogens with one attached hydrogen (secondary N) is 2. The predicted octanol–water partition coefficient (Wildman–Crippen LogP) is 2.94. The van der Waals surface area contributed by atoms with Crippen LogP contribution in [-0.2, 0) is 13.6 Å². The maximum atomic E-state index is 12.5. The number of hydrazone groups is 1. The van der Waals surface area contributed by atoms with Gasteiger partial charge in [0.1, 0.15) is 5.75 Å². The molecule has 0 spiro atoms. The van der Waals surface area contributed by atoms with Crippen LogP contribution in [-0.4, -0.2) is 29.9 Å². The van der Waals surface area contributed by atoms with Crippen molar-refractivity contribution in [2.45, 2.75) is 52.5 Å². The average Bonchev–Trinajstić information content (AvgIpc) is 3.10. The van der Waals surface area contributed by atoms with E-state index < -0.39 is 11.2 Å². The fourth-order valence-corrected chi connectivity index (χ4v) is 3.31. The Morgan fingerprint density at radius 3 is 2.57 bits per heavy atom. The fourth-order valence-electron chi connectivity index (χ4n) is 3.31. The number of hydrogen-bond acceptors (Lipinski definition) is 6. The van der Waals surface area contributed by atoms with E-state index in [-0.39, 0.29) is 5.75 Å². The second-order valence-corrected chi connectivity index (χ2v) is 7.35. The molecular weight excluding hydrogens is 384 g/mol. The first kappa shape index (κ1) is 21.4. The molecule has 0 saturated carbocycles. The highest BCUT2D eigenvalue weighted by Crippen LogP contribution is 2.18. The molecule has 3 N–H and O–H groups in total. The summed E-state index contributed by atoms with van der Waals surface area (Å²) in [4.78, 5) is 31.3. The van der Waals surface area contributed by atoms with Crippen molar-refractivity contribution < 1.29 is 5.11 Å². The molecule has 0 fully saturated rings. The Labute approximate surface area is 174 Å². The Bertz CT molecular complexity index is 1150. The standard InChI is InChI=1S/C21H28N6O3/c1-4-5-6-7-8-13-27-17-18(26(3)21(30)23-19(17)29)22-20(27)25-24-14(2)15-9-11-16(28)12-10-15/h9-12,28H,4-8,13H2,1-3H3,(H,22,25)(H,23,29,30)/b24-14-. The third-order valence-corrected chi connectivity index (χ3v) is 5.10. The molecule has 0 unspecified atom stereocenters. The Balaban J connectivity index is 1.94. The van der Waals surface area contributed by atoms with Crippen LogP contribution in [0.3, 0.4) is 0 Å². The molecule has 0 atom stereocenters. The molecule has 2 heterocycles. The van der Waals surface area contributed by atoms with Crippen LogP contribution >= 0.6 is 0 Å². The van der Waals surface area contributed by atoms with Crippen molar-refractivity contribution in [1.29, 1.82) is 0 Å². The van der Waals surface area contributed by atoms with E-state index in [1.54, 1.807) is 35.9 Å². The highest BCUT2D eigenvalue weighted by Gasteiger charge is 2.17. The lowest BCUT2D eigenvalue weighted by Gasteiger charge is -2.09. The summed E-state index contributed by atoms with van der Waals surface area (Å²) in [6.45, 7) is 4.59. The third-order valence-electron chi connectivity index (χ3n) is 5.10. The van der Waals surface area contributed by atoms with Crippen molar-refractivity contribution in [2.24, 2.45) is 12.1 Å². The first-order valence-corrected chi connectivity index (χ1v) is 10.2. The number of aromatic nitrogens is 4. The van der Waals surface area contributed by atoms with Crippen LogP contribution in [0.1, 0.15) is 51.5 Å². The molecule has 2 aromatic heterocycles. The molecule has 0 aliphatic heterocycles. The van der Waals surface area contributed by atoms with Gasteiger partial charge < -0.3 is 9.67 Å². The van der Waals surface area contributed by atoms with Crippen molar-refractivity contribution in [1.82, 2.24) is 19.1 Å². The number of phenols is 1. The first-order valence-electron chi connectivity index (χ1n) is 10.2. The molecule has 9 heteroatoms. The molecule has 0 aliphatic rings. The maximum absolute atomic E-state index is 12.5. The summed E-state index contributed by atoms with van der Waals surface area (Å²) in [5.41, 5.74) is 4.20. The van der Waals surface area contributed by atoms with Gasteiger partial charge in [-0.2, -0.15) is 10.1 Å². The van der Waals surface area contributed by atoms with Crippen LogP contribution in [0.4, 0.5) is 5.95 Å². The number of aromatic hydroxyl groups is 1. The highest BCUT2D eigenvalue weighted by molar-refractivity contribution is 5.99. The van der Waals surface area contributed by atoms with E-state index in [0.29, 0.717) is 29.4 Å². The minimum atomic E-state index is -0.504. The number of aromatic amines is 1. The number of fused-ring (bicyclic) bond motifs is 1. The molecule has 30 heavy (non-hydrogen) atoms. The minimum absolute atomic E-state index is 0.185. The summed E-state index contributed by atoms with van der Waals surface area (Å²) in [6, 6.07) is 6.71. The van der Waals surface area contributed by atoms with Crippen molar-refractivity contribution in [3.63, 3.8) is 0 Å². The second-order valence-electron chi connectivity index (χ2n) is 7.35. The zero-order chi connectivity index (χ0) is 21.7. The number of anilines is 1. The van der Waals surface area contributed by atoms with Crippen LogP contribution in [0, 0.1) is 0 Å². The van der Waals surface area contributed by atoms with Crippen molar-refractivity contribution in [3.8, 4) is 5.75 Å². The monoisotopic (exact) mass is 412 g/mol. The molecule has 1 aromatic carbocycles. The van der Waals surface area contributed by atoms with Crippen LogP contribution in [0.25, 0.3) is 11.2 Å². The number of H-pyrrole nitrogens is 1. The van der Waals surface area contributed by atoms with Gasteiger partial charge in [-0.15, -0.1) is 0 Å². The number of nitrogens with zero attached hydrogens (tertiary/aromatic N) is 4. The SMILES string of the molecule is CCCCCCCn1c(N/N=C(/C)c2ccc(O)cc2)nc2c1c(=O)[nH]c(=O)n2C. The quantitative estimate of drug-likeness (QED) is 0.284. The second kappa shape index (κ2) is 9.43. The van der Waals surface area contributed by atoms with Gasteiger partial charge in [-0.1, -0.05) is 32.6 Å². The zero-order valence-electron chi connectivity index (χ0n) is 17.6. The molecule has 3 aromatic rings. The normalized spacial score (nSPS) is 11.9. The smallest absolute Gasteiger partial charge is 0.329 e. The number of hydrogen-bond donors (Lipinski definition) is 3. The Morgan fingerprint density at radius 2 is 1.87 bits per heavy atom.